The van der Waals surface area contributed by atoms with Gasteiger partial charge in [-0.05, 0) is 37.6 Å². The van der Waals surface area contributed by atoms with Crippen molar-refractivity contribution in [2.24, 2.45) is 0 Å². The molecule has 0 amide bonds. The summed E-state index contributed by atoms with van der Waals surface area (Å²) >= 11 is 0. The number of hydrogen-bond acceptors (Lipinski definition) is 4. The Labute approximate surface area is 119 Å². The van der Waals surface area contributed by atoms with Gasteiger partial charge in [-0.15, -0.1) is 0 Å². The lowest BCUT2D eigenvalue weighted by atomic mass is 10.1. The number of nitrogens with one attached hydrogen (secondary N) is 3. The quantitative estimate of drug-likeness (QED) is 0.637. The molecule has 5 heteroatoms. The number of hydrogen-bond donors (Lipinski definition) is 3. The van der Waals surface area contributed by atoms with Gasteiger partial charge >= 0.3 is 0 Å². The number of benzene rings is 1. The summed E-state index contributed by atoms with van der Waals surface area (Å²) in [5, 5.41) is 10.8. The molecule has 0 bridgehead atoms. The normalized spacial score (nSPS) is 18.6. The molecule has 0 fully saturated rings. The van der Waals surface area contributed by atoms with Crippen LogP contribution >= 0.6 is 0 Å². The lowest BCUT2D eigenvalue weighted by molar-refractivity contribution is -0.917. The first-order valence-electron chi connectivity index (χ1n) is 6.93. The van der Waals surface area contributed by atoms with E-state index in [9.17, 15) is 9.90 Å². The lowest BCUT2D eigenvalue weighted by Crippen LogP contribution is -3.15. The second kappa shape index (κ2) is 6.43. The zero-order valence-corrected chi connectivity index (χ0v) is 11.9. The monoisotopic (exact) mass is 275 g/mol. The van der Waals surface area contributed by atoms with Gasteiger partial charge in [0.1, 0.15) is 0 Å². The fourth-order valence-electron chi connectivity index (χ4n) is 2.27. The Morgan fingerprint density at radius 3 is 2.75 bits per heavy atom. The summed E-state index contributed by atoms with van der Waals surface area (Å²) in [4.78, 5) is 12.4. The number of carbonyl (C=O) groups is 1. The van der Waals surface area contributed by atoms with Gasteiger partial charge in [-0.3, -0.25) is 0 Å². The van der Waals surface area contributed by atoms with E-state index in [-0.39, 0.29) is 5.56 Å². The standard InChI is InChI=1S/C15H21N3O2/c1-11(2)18-8-6-13(7-9-18)16-17-14-5-3-4-12(10-14)15(19)20/h3-6,10-11,16-17H,7-9H2,1-2H3,(H,19,20). The van der Waals surface area contributed by atoms with Gasteiger partial charge in [0.15, 0.2) is 0 Å². The predicted octanol–water partition coefficient (Wildman–Crippen LogP) is -0.452. The number of rotatable bonds is 5. The highest BCUT2D eigenvalue weighted by Crippen LogP contribution is 2.09. The highest BCUT2D eigenvalue weighted by Gasteiger charge is 2.17. The van der Waals surface area contributed by atoms with E-state index in [0.29, 0.717) is 11.7 Å². The number of aromatic carboxylic acids is 1. The maximum Gasteiger partial charge on any atom is 0.0980 e. The molecule has 2 rings (SSSR count). The van der Waals surface area contributed by atoms with E-state index in [1.54, 1.807) is 17.0 Å². The average molecular weight is 275 g/mol. The van der Waals surface area contributed by atoms with Crippen LogP contribution in [0.3, 0.4) is 0 Å². The molecule has 0 saturated carbocycles. The van der Waals surface area contributed by atoms with Crippen molar-refractivity contribution in [3.63, 3.8) is 0 Å². The van der Waals surface area contributed by atoms with E-state index in [1.165, 1.54) is 6.07 Å². The van der Waals surface area contributed by atoms with E-state index in [4.69, 9.17) is 0 Å². The smallest absolute Gasteiger partial charge is 0.0980 e. The van der Waals surface area contributed by atoms with Gasteiger partial charge < -0.3 is 25.7 Å². The first-order valence-corrected chi connectivity index (χ1v) is 6.93. The van der Waals surface area contributed by atoms with Crippen molar-refractivity contribution in [1.29, 1.82) is 0 Å². The first kappa shape index (κ1) is 14.4. The summed E-state index contributed by atoms with van der Waals surface area (Å²) in [6, 6.07) is 7.21. The van der Waals surface area contributed by atoms with Gasteiger partial charge in [-0.1, -0.05) is 12.1 Å². The molecule has 0 saturated heterocycles. The molecular weight excluding hydrogens is 254 g/mol. The third-order valence-electron chi connectivity index (χ3n) is 3.61. The first-order chi connectivity index (χ1) is 9.56. The SMILES string of the molecule is CC(C)[NH+]1CC=C(NNc2cccc(C(=O)[O-])c2)CC1. The Bertz CT molecular complexity index is 512. The van der Waals surface area contributed by atoms with Crippen LogP contribution in [-0.4, -0.2) is 25.1 Å². The molecule has 1 aliphatic heterocycles. The second-order valence-corrected chi connectivity index (χ2v) is 5.36. The van der Waals surface area contributed by atoms with Crippen molar-refractivity contribution in [3.8, 4) is 0 Å². The second-order valence-electron chi connectivity index (χ2n) is 5.36. The van der Waals surface area contributed by atoms with Crippen LogP contribution in [-0.2, 0) is 0 Å². The Kier molecular flexibility index (Phi) is 4.63. The Morgan fingerprint density at radius 2 is 2.15 bits per heavy atom. The van der Waals surface area contributed by atoms with Crippen LogP contribution in [0.2, 0.25) is 0 Å². The van der Waals surface area contributed by atoms with Crippen LogP contribution in [0.5, 0.6) is 0 Å². The maximum absolute atomic E-state index is 10.8. The topological polar surface area (TPSA) is 68.6 Å². The molecule has 1 heterocycles. The van der Waals surface area contributed by atoms with Crippen molar-refractivity contribution in [2.45, 2.75) is 26.3 Å². The van der Waals surface area contributed by atoms with Crippen molar-refractivity contribution in [1.82, 2.24) is 5.43 Å². The minimum absolute atomic E-state index is 0.171. The third kappa shape index (κ3) is 3.74. The number of quaternary nitrogens is 1. The summed E-state index contributed by atoms with van der Waals surface area (Å²) in [7, 11) is 0. The zero-order valence-electron chi connectivity index (χ0n) is 11.9. The molecule has 108 valence electrons. The molecule has 1 atom stereocenters. The van der Waals surface area contributed by atoms with Crippen molar-refractivity contribution in [2.75, 3.05) is 18.5 Å². The van der Waals surface area contributed by atoms with Gasteiger partial charge in [0, 0.05) is 12.1 Å². The molecule has 1 aliphatic rings. The van der Waals surface area contributed by atoms with Gasteiger partial charge in [-0.2, -0.15) is 0 Å². The van der Waals surface area contributed by atoms with Gasteiger partial charge in [0.2, 0.25) is 0 Å². The molecular formula is C15H21N3O2. The molecule has 1 aromatic carbocycles. The number of anilines is 1. The molecule has 5 nitrogen and oxygen atoms in total. The predicted molar refractivity (Wildman–Crippen MR) is 76.1 cm³/mol. The third-order valence-corrected chi connectivity index (χ3v) is 3.61. The zero-order chi connectivity index (χ0) is 14.5. The van der Waals surface area contributed by atoms with E-state index < -0.39 is 5.97 Å². The van der Waals surface area contributed by atoms with Gasteiger partial charge in [0.05, 0.1) is 30.8 Å². The van der Waals surface area contributed by atoms with Crippen LogP contribution in [0, 0.1) is 0 Å². The van der Waals surface area contributed by atoms with Crippen molar-refractivity contribution >= 4 is 11.7 Å². The Balaban J connectivity index is 1.90. The highest BCUT2D eigenvalue weighted by molar-refractivity contribution is 5.86. The Morgan fingerprint density at radius 1 is 1.35 bits per heavy atom. The summed E-state index contributed by atoms with van der Waals surface area (Å²) < 4.78 is 0. The maximum atomic E-state index is 10.8. The van der Waals surface area contributed by atoms with E-state index in [0.717, 1.165) is 25.2 Å². The van der Waals surface area contributed by atoms with Crippen molar-refractivity contribution in [3.05, 3.63) is 41.6 Å². The van der Waals surface area contributed by atoms with E-state index >= 15 is 0 Å². The molecule has 1 aromatic rings. The van der Waals surface area contributed by atoms with E-state index in [1.807, 2.05) is 6.07 Å². The molecule has 20 heavy (non-hydrogen) atoms. The lowest BCUT2D eigenvalue weighted by Gasteiger charge is -2.27. The number of carboxylic acids is 1. The average Bonchev–Trinajstić information content (AvgIpc) is 2.46. The van der Waals surface area contributed by atoms with Gasteiger partial charge in [0.25, 0.3) is 0 Å². The summed E-state index contributed by atoms with van der Waals surface area (Å²) in [5.41, 5.74) is 8.21. The van der Waals surface area contributed by atoms with Crippen LogP contribution in [0.15, 0.2) is 36.0 Å². The fraction of sp³-hybridized carbons (Fsp3) is 0.400. The summed E-state index contributed by atoms with van der Waals surface area (Å²) in [5.74, 6) is -1.17. The summed E-state index contributed by atoms with van der Waals surface area (Å²) in [6.45, 7) is 6.58. The number of carboxylic acid groups (broad SMARTS) is 1. The fourth-order valence-corrected chi connectivity index (χ4v) is 2.27. The van der Waals surface area contributed by atoms with Crippen molar-refractivity contribution < 1.29 is 14.8 Å². The Hall–Kier alpha value is -2.01. The van der Waals surface area contributed by atoms with Crippen LogP contribution in [0.25, 0.3) is 0 Å². The van der Waals surface area contributed by atoms with Crippen LogP contribution in [0.1, 0.15) is 30.6 Å². The molecule has 1 unspecified atom stereocenters. The molecule has 0 aromatic heterocycles. The number of carbonyl (C=O) groups excluding carboxylic acids is 1. The van der Waals surface area contributed by atoms with E-state index in [2.05, 4.69) is 30.8 Å². The van der Waals surface area contributed by atoms with Crippen LogP contribution in [0.4, 0.5) is 5.69 Å². The molecule has 0 aliphatic carbocycles. The molecule has 3 N–H and O–H groups in total. The highest BCUT2D eigenvalue weighted by atomic mass is 16.4. The molecule has 0 radical (unpaired) electrons. The summed E-state index contributed by atoms with van der Waals surface area (Å²) in [6.07, 6.45) is 3.18. The minimum Gasteiger partial charge on any atom is -0.545 e. The van der Waals surface area contributed by atoms with Gasteiger partial charge in [-0.25, -0.2) is 0 Å². The number of hydrazine groups is 1. The minimum atomic E-state index is -1.17. The molecule has 0 spiro atoms. The largest absolute Gasteiger partial charge is 0.545 e. The van der Waals surface area contributed by atoms with Crippen LogP contribution < -0.4 is 20.9 Å².